The summed E-state index contributed by atoms with van der Waals surface area (Å²) in [4.78, 5) is 20.5. The Morgan fingerprint density at radius 1 is 1.35 bits per heavy atom. The number of nitrogens with zero attached hydrogens (tertiary/aromatic N) is 2. The first kappa shape index (κ1) is 18.9. The highest BCUT2D eigenvalue weighted by molar-refractivity contribution is 7.99. The molecule has 1 unspecified atom stereocenters. The Morgan fingerprint density at radius 3 is 2.73 bits per heavy atom. The lowest BCUT2D eigenvalue weighted by Crippen LogP contribution is -2.46. The van der Waals surface area contributed by atoms with E-state index in [9.17, 15) is 9.90 Å². The number of fused-ring (bicyclic) bond motifs is 1. The van der Waals surface area contributed by atoms with Crippen molar-refractivity contribution in [1.82, 2.24) is 15.2 Å². The van der Waals surface area contributed by atoms with Crippen molar-refractivity contribution < 1.29 is 9.90 Å². The van der Waals surface area contributed by atoms with Crippen LogP contribution in [0.4, 0.5) is 0 Å². The number of hydrogen-bond donors (Lipinski definition) is 2. The molecule has 5 nitrogen and oxygen atoms in total. The van der Waals surface area contributed by atoms with Crippen molar-refractivity contribution in [3.8, 4) is 0 Å². The van der Waals surface area contributed by atoms with Crippen LogP contribution in [0.25, 0.3) is 0 Å². The van der Waals surface area contributed by atoms with Gasteiger partial charge in [-0.1, -0.05) is 19.1 Å². The zero-order valence-electron chi connectivity index (χ0n) is 15.5. The van der Waals surface area contributed by atoms with Crippen LogP contribution in [0, 0.1) is 0 Å². The van der Waals surface area contributed by atoms with Gasteiger partial charge in [0.05, 0.1) is 23.4 Å². The predicted molar refractivity (Wildman–Crippen MR) is 104 cm³/mol. The summed E-state index contributed by atoms with van der Waals surface area (Å²) in [5.41, 5.74) is 2.67. The van der Waals surface area contributed by atoms with E-state index in [1.54, 1.807) is 18.0 Å². The van der Waals surface area contributed by atoms with E-state index in [0.717, 1.165) is 35.7 Å². The van der Waals surface area contributed by atoms with Gasteiger partial charge >= 0.3 is 0 Å². The molecule has 6 heteroatoms. The number of carbonyl (C=O) groups is 1. The second kappa shape index (κ2) is 7.78. The van der Waals surface area contributed by atoms with E-state index in [2.05, 4.69) is 22.1 Å². The second-order valence-electron chi connectivity index (χ2n) is 6.90. The smallest absolute Gasteiger partial charge is 0.253 e. The van der Waals surface area contributed by atoms with Crippen LogP contribution in [0.3, 0.4) is 0 Å². The van der Waals surface area contributed by atoms with Crippen molar-refractivity contribution in [1.29, 1.82) is 0 Å². The van der Waals surface area contributed by atoms with Gasteiger partial charge in [-0.3, -0.25) is 14.7 Å². The van der Waals surface area contributed by atoms with Gasteiger partial charge in [-0.2, -0.15) is 0 Å². The third-order valence-electron chi connectivity index (χ3n) is 4.69. The summed E-state index contributed by atoms with van der Waals surface area (Å²) in [5.74, 6) is 0.784. The van der Waals surface area contributed by atoms with Crippen LogP contribution in [-0.2, 0) is 18.6 Å². The molecule has 138 valence electrons. The molecule has 2 N–H and O–H groups in total. The zero-order valence-corrected chi connectivity index (χ0v) is 16.3. The van der Waals surface area contributed by atoms with E-state index in [4.69, 9.17) is 0 Å². The van der Waals surface area contributed by atoms with Crippen LogP contribution in [0.15, 0.2) is 41.4 Å². The first-order chi connectivity index (χ1) is 12.4. The van der Waals surface area contributed by atoms with Crippen LogP contribution in [0.2, 0.25) is 0 Å². The predicted octanol–water partition coefficient (Wildman–Crippen LogP) is 2.78. The molecule has 1 amide bonds. The van der Waals surface area contributed by atoms with Gasteiger partial charge < -0.3 is 10.4 Å². The molecule has 0 saturated carbocycles. The van der Waals surface area contributed by atoms with Crippen LogP contribution in [-0.4, -0.2) is 40.3 Å². The second-order valence-corrected chi connectivity index (χ2v) is 8.24. The third kappa shape index (κ3) is 3.92. The molecule has 0 aliphatic carbocycles. The highest BCUT2D eigenvalue weighted by Crippen LogP contribution is 2.25. The fraction of sp³-hybridized carbons (Fsp3) is 0.400. The van der Waals surface area contributed by atoms with E-state index in [1.165, 1.54) is 4.90 Å². The summed E-state index contributed by atoms with van der Waals surface area (Å²) in [6.07, 6.45) is 1.62. The van der Waals surface area contributed by atoms with E-state index in [-0.39, 0.29) is 12.5 Å². The molecule has 0 fully saturated rings. The maximum Gasteiger partial charge on any atom is 0.253 e. The highest BCUT2D eigenvalue weighted by atomic mass is 32.2. The molecule has 1 atom stereocenters. The lowest BCUT2D eigenvalue weighted by Gasteiger charge is -2.29. The summed E-state index contributed by atoms with van der Waals surface area (Å²) in [7, 11) is 2.03. The molecular formula is C20H25N3O2S. The Hall–Kier alpha value is -1.89. The first-order valence-electron chi connectivity index (χ1n) is 8.78. The number of thioether (sulfide) groups is 1. The Kier molecular flexibility index (Phi) is 5.65. The Balaban J connectivity index is 1.78. The lowest BCUT2D eigenvalue weighted by molar-refractivity contribution is 0.0849. The van der Waals surface area contributed by atoms with E-state index in [1.807, 2.05) is 44.3 Å². The summed E-state index contributed by atoms with van der Waals surface area (Å²) >= 11 is 1.76. The molecule has 1 aliphatic heterocycles. The quantitative estimate of drug-likeness (QED) is 0.765. The standard InChI is InChI=1S/C20H25N3O2S/c1-4-26-17-7-5-16(6-8-17)20(2,13-24)22-19(25)14-9-15-11-23(3)12-18(15)21-10-14/h5-10,24H,4,11-13H2,1-3H3,(H,22,25). The number of benzene rings is 1. The van der Waals surface area contributed by atoms with Crippen molar-refractivity contribution >= 4 is 17.7 Å². The molecule has 0 spiro atoms. The minimum absolute atomic E-state index is 0.180. The van der Waals surface area contributed by atoms with Crippen LogP contribution in [0.1, 0.15) is 41.0 Å². The normalized spacial score (nSPS) is 16.2. The van der Waals surface area contributed by atoms with E-state index >= 15 is 0 Å². The number of pyridine rings is 1. The van der Waals surface area contributed by atoms with Crippen molar-refractivity contribution in [3.05, 3.63) is 58.9 Å². The number of nitrogens with one attached hydrogen (secondary N) is 1. The van der Waals surface area contributed by atoms with Gasteiger partial charge in [0.15, 0.2) is 0 Å². The largest absolute Gasteiger partial charge is 0.394 e. The number of hydrogen-bond acceptors (Lipinski definition) is 5. The molecule has 1 aromatic heterocycles. The van der Waals surface area contributed by atoms with Crippen molar-refractivity contribution in [3.63, 3.8) is 0 Å². The molecule has 3 rings (SSSR count). The summed E-state index contributed by atoms with van der Waals surface area (Å²) in [6.45, 7) is 5.38. The first-order valence-corrected chi connectivity index (χ1v) is 9.77. The molecule has 0 bridgehead atoms. The average molecular weight is 372 g/mol. The number of aliphatic hydroxyl groups excluding tert-OH is 1. The number of amides is 1. The Bertz CT molecular complexity index is 794. The molecule has 0 radical (unpaired) electrons. The summed E-state index contributed by atoms with van der Waals surface area (Å²) in [5, 5.41) is 12.9. The van der Waals surface area contributed by atoms with Gasteiger partial charge in [0, 0.05) is 24.2 Å². The van der Waals surface area contributed by atoms with Gasteiger partial charge in [0.1, 0.15) is 0 Å². The topological polar surface area (TPSA) is 65.5 Å². The number of rotatable bonds is 6. The molecule has 2 heterocycles. The monoisotopic (exact) mass is 371 g/mol. The molecule has 0 saturated heterocycles. The summed E-state index contributed by atoms with van der Waals surface area (Å²) < 4.78 is 0. The van der Waals surface area contributed by atoms with E-state index < -0.39 is 5.54 Å². The summed E-state index contributed by atoms with van der Waals surface area (Å²) in [6, 6.07) is 9.88. The Labute approximate surface area is 158 Å². The van der Waals surface area contributed by atoms with Crippen molar-refractivity contribution in [2.75, 3.05) is 19.4 Å². The maximum absolute atomic E-state index is 12.8. The molecular weight excluding hydrogens is 346 g/mol. The molecule has 1 aliphatic rings. The fourth-order valence-corrected chi connectivity index (χ4v) is 3.82. The number of carbonyl (C=O) groups excluding carboxylic acids is 1. The van der Waals surface area contributed by atoms with Gasteiger partial charge in [0.25, 0.3) is 5.91 Å². The average Bonchev–Trinajstić information content (AvgIpc) is 3.01. The van der Waals surface area contributed by atoms with Crippen molar-refractivity contribution in [2.24, 2.45) is 0 Å². The van der Waals surface area contributed by atoms with Gasteiger partial charge in [-0.05, 0) is 49.1 Å². The van der Waals surface area contributed by atoms with Crippen molar-refractivity contribution in [2.45, 2.75) is 37.4 Å². The number of aliphatic hydroxyl groups is 1. The van der Waals surface area contributed by atoms with Gasteiger partial charge in [-0.15, -0.1) is 11.8 Å². The lowest BCUT2D eigenvalue weighted by atomic mass is 9.92. The van der Waals surface area contributed by atoms with Gasteiger partial charge in [0.2, 0.25) is 0 Å². The third-order valence-corrected chi connectivity index (χ3v) is 5.58. The van der Waals surface area contributed by atoms with Crippen LogP contribution < -0.4 is 5.32 Å². The van der Waals surface area contributed by atoms with E-state index in [0.29, 0.717) is 5.56 Å². The minimum atomic E-state index is -0.845. The van der Waals surface area contributed by atoms with Crippen LogP contribution >= 0.6 is 11.8 Å². The van der Waals surface area contributed by atoms with Gasteiger partial charge in [-0.25, -0.2) is 0 Å². The van der Waals surface area contributed by atoms with Crippen LogP contribution in [0.5, 0.6) is 0 Å². The molecule has 1 aromatic carbocycles. The maximum atomic E-state index is 12.8. The fourth-order valence-electron chi connectivity index (χ4n) is 3.16. The number of aromatic nitrogens is 1. The Morgan fingerprint density at radius 2 is 2.08 bits per heavy atom. The molecule has 2 aromatic rings. The zero-order chi connectivity index (χ0) is 18.7. The minimum Gasteiger partial charge on any atom is -0.394 e. The SMILES string of the molecule is CCSc1ccc(C(C)(CO)NC(=O)c2cnc3c(c2)CN(C)C3)cc1. The molecule has 26 heavy (non-hydrogen) atoms. The highest BCUT2D eigenvalue weighted by Gasteiger charge is 2.29.